The van der Waals surface area contributed by atoms with E-state index in [0.29, 0.717) is 48.4 Å². The number of carbonyl (C=O) groups is 2. The van der Waals surface area contributed by atoms with E-state index >= 15 is 0 Å². The number of amides is 1. The summed E-state index contributed by atoms with van der Waals surface area (Å²) in [6.45, 7) is 0. The number of fused-ring (bicyclic) bond motifs is 3. The Balaban J connectivity index is 1.42. The second-order valence-electron chi connectivity index (χ2n) is 6.97. The Labute approximate surface area is 196 Å². The summed E-state index contributed by atoms with van der Waals surface area (Å²) in [5, 5.41) is 7.42. The standard InChI is InChI=1S/C23H15ClN4O4S/c1-31-23(30)12-2-7-16-15(10-12)19-20(25-11-26-22(19)32-16)27-13-3-5-14(6-4-13)28-21(29)17-8-9-18(24)33-17/h2-11H,1H3,(H,28,29)(H,25,26,27). The molecule has 5 rings (SSSR count). The van der Waals surface area contributed by atoms with Crippen molar-refractivity contribution in [2.45, 2.75) is 0 Å². The Morgan fingerprint density at radius 2 is 1.82 bits per heavy atom. The van der Waals surface area contributed by atoms with Crippen molar-refractivity contribution in [3.05, 3.63) is 75.7 Å². The zero-order chi connectivity index (χ0) is 22.9. The van der Waals surface area contributed by atoms with Crippen LogP contribution in [0.2, 0.25) is 4.34 Å². The van der Waals surface area contributed by atoms with E-state index in [1.54, 1.807) is 42.5 Å². The average molecular weight is 479 g/mol. The number of hydrogen-bond donors (Lipinski definition) is 2. The second kappa shape index (κ2) is 8.53. The predicted molar refractivity (Wildman–Crippen MR) is 128 cm³/mol. The summed E-state index contributed by atoms with van der Waals surface area (Å²) in [6.07, 6.45) is 1.40. The number of thiophene rings is 1. The van der Waals surface area contributed by atoms with Gasteiger partial charge in [-0.3, -0.25) is 4.79 Å². The number of benzene rings is 2. The number of aromatic nitrogens is 2. The molecule has 164 valence electrons. The van der Waals surface area contributed by atoms with E-state index < -0.39 is 5.97 Å². The number of furan rings is 1. The van der Waals surface area contributed by atoms with Gasteiger partial charge >= 0.3 is 5.97 Å². The Hall–Kier alpha value is -3.95. The van der Waals surface area contributed by atoms with E-state index in [9.17, 15) is 9.59 Å². The number of nitrogens with one attached hydrogen (secondary N) is 2. The summed E-state index contributed by atoms with van der Waals surface area (Å²) in [5.74, 6) is -0.151. The summed E-state index contributed by atoms with van der Waals surface area (Å²) in [6, 6.07) is 15.6. The van der Waals surface area contributed by atoms with Gasteiger partial charge in [-0.05, 0) is 54.6 Å². The van der Waals surface area contributed by atoms with Crippen LogP contribution in [0.1, 0.15) is 20.0 Å². The summed E-state index contributed by atoms with van der Waals surface area (Å²) in [4.78, 5) is 33.3. The van der Waals surface area contributed by atoms with Crippen LogP contribution >= 0.6 is 22.9 Å². The fourth-order valence-electron chi connectivity index (χ4n) is 3.35. The van der Waals surface area contributed by atoms with Crippen molar-refractivity contribution >= 4 is 74.1 Å². The maximum Gasteiger partial charge on any atom is 0.337 e. The molecule has 5 aromatic rings. The van der Waals surface area contributed by atoms with Gasteiger partial charge in [0, 0.05) is 16.8 Å². The lowest BCUT2D eigenvalue weighted by molar-refractivity contribution is 0.0601. The smallest absolute Gasteiger partial charge is 0.337 e. The largest absolute Gasteiger partial charge is 0.465 e. The van der Waals surface area contributed by atoms with Crippen LogP contribution < -0.4 is 10.6 Å². The third-order valence-electron chi connectivity index (χ3n) is 4.89. The molecule has 0 atom stereocenters. The minimum atomic E-state index is -0.444. The van der Waals surface area contributed by atoms with Gasteiger partial charge in [0.15, 0.2) is 0 Å². The van der Waals surface area contributed by atoms with E-state index in [1.807, 2.05) is 12.1 Å². The quantitative estimate of drug-likeness (QED) is 0.304. The molecule has 3 heterocycles. The van der Waals surface area contributed by atoms with Gasteiger partial charge in [-0.25, -0.2) is 14.8 Å². The first kappa shape index (κ1) is 20.9. The van der Waals surface area contributed by atoms with Crippen LogP contribution in [0.15, 0.2) is 65.3 Å². The van der Waals surface area contributed by atoms with E-state index in [2.05, 4.69) is 20.6 Å². The molecule has 0 saturated heterocycles. The van der Waals surface area contributed by atoms with Gasteiger partial charge < -0.3 is 19.8 Å². The van der Waals surface area contributed by atoms with Gasteiger partial charge in [-0.2, -0.15) is 0 Å². The van der Waals surface area contributed by atoms with Gasteiger partial charge in [0.1, 0.15) is 17.7 Å². The first-order chi connectivity index (χ1) is 16.0. The molecule has 2 aromatic carbocycles. The van der Waals surface area contributed by atoms with Crippen LogP contribution in [-0.2, 0) is 4.74 Å². The maximum absolute atomic E-state index is 12.3. The molecule has 2 N–H and O–H groups in total. The van der Waals surface area contributed by atoms with E-state index in [0.717, 1.165) is 5.69 Å². The lowest BCUT2D eigenvalue weighted by Gasteiger charge is -2.08. The second-order valence-corrected chi connectivity index (χ2v) is 8.68. The van der Waals surface area contributed by atoms with Gasteiger partial charge in [0.25, 0.3) is 5.91 Å². The summed E-state index contributed by atoms with van der Waals surface area (Å²) in [7, 11) is 1.33. The number of rotatable bonds is 5. The van der Waals surface area contributed by atoms with Crippen LogP contribution in [0.5, 0.6) is 0 Å². The molecule has 0 aliphatic carbocycles. The van der Waals surface area contributed by atoms with Crippen molar-refractivity contribution in [1.29, 1.82) is 0 Å². The lowest BCUT2D eigenvalue weighted by atomic mass is 10.1. The topological polar surface area (TPSA) is 106 Å². The fourth-order valence-corrected chi connectivity index (χ4v) is 4.29. The molecule has 33 heavy (non-hydrogen) atoms. The fraction of sp³-hybridized carbons (Fsp3) is 0.0435. The maximum atomic E-state index is 12.3. The van der Waals surface area contributed by atoms with Crippen LogP contribution in [0.25, 0.3) is 22.1 Å². The molecule has 0 bridgehead atoms. The number of halogens is 1. The van der Waals surface area contributed by atoms with E-state index in [4.69, 9.17) is 20.8 Å². The summed E-state index contributed by atoms with van der Waals surface area (Å²) in [5.41, 5.74) is 2.75. The summed E-state index contributed by atoms with van der Waals surface area (Å²) >= 11 is 7.11. The molecule has 1 amide bonds. The van der Waals surface area contributed by atoms with Gasteiger partial charge in [-0.1, -0.05) is 11.6 Å². The Morgan fingerprint density at radius 3 is 2.55 bits per heavy atom. The lowest BCUT2D eigenvalue weighted by Crippen LogP contribution is -2.09. The van der Waals surface area contributed by atoms with Crippen molar-refractivity contribution in [2.24, 2.45) is 0 Å². The molecule has 0 aliphatic heterocycles. The summed E-state index contributed by atoms with van der Waals surface area (Å²) < 4.78 is 11.2. The Bertz CT molecular complexity index is 1510. The highest BCUT2D eigenvalue weighted by molar-refractivity contribution is 7.18. The number of carbonyl (C=O) groups excluding carboxylic acids is 2. The molecule has 0 radical (unpaired) electrons. The molecule has 0 saturated carbocycles. The highest BCUT2D eigenvalue weighted by atomic mass is 35.5. The molecular formula is C23H15ClN4O4S. The third-order valence-corrected chi connectivity index (χ3v) is 6.12. The monoisotopic (exact) mass is 478 g/mol. The first-order valence-electron chi connectivity index (χ1n) is 9.71. The van der Waals surface area contributed by atoms with Crippen LogP contribution in [0.3, 0.4) is 0 Å². The highest BCUT2D eigenvalue weighted by Gasteiger charge is 2.16. The first-order valence-corrected chi connectivity index (χ1v) is 10.9. The minimum Gasteiger partial charge on any atom is -0.465 e. The molecular weight excluding hydrogens is 464 g/mol. The SMILES string of the molecule is COC(=O)c1ccc2oc3ncnc(Nc4ccc(NC(=O)c5ccc(Cl)s5)cc4)c3c2c1. The van der Waals surface area contributed by atoms with Crippen molar-refractivity contribution < 1.29 is 18.7 Å². The molecule has 0 aliphatic rings. The van der Waals surface area contributed by atoms with E-state index in [1.165, 1.54) is 24.8 Å². The Morgan fingerprint density at radius 1 is 1.03 bits per heavy atom. The predicted octanol–water partition coefficient (Wildman–Crippen LogP) is 5.87. The number of hydrogen-bond acceptors (Lipinski definition) is 8. The van der Waals surface area contributed by atoms with Crippen LogP contribution in [0.4, 0.5) is 17.2 Å². The van der Waals surface area contributed by atoms with Gasteiger partial charge in [0.2, 0.25) is 5.71 Å². The number of esters is 1. The minimum absolute atomic E-state index is 0.226. The van der Waals surface area contributed by atoms with Crippen molar-refractivity contribution in [3.63, 3.8) is 0 Å². The number of nitrogens with zero attached hydrogens (tertiary/aromatic N) is 2. The molecule has 10 heteroatoms. The van der Waals surface area contributed by atoms with Crippen molar-refractivity contribution in [1.82, 2.24) is 9.97 Å². The highest BCUT2D eigenvalue weighted by Crippen LogP contribution is 2.34. The van der Waals surface area contributed by atoms with Gasteiger partial charge in [-0.15, -0.1) is 11.3 Å². The van der Waals surface area contributed by atoms with Crippen molar-refractivity contribution in [2.75, 3.05) is 17.7 Å². The molecule has 0 fully saturated rings. The molecule has 0 unspecified atom stereocenters. The Kier molecular flexibility index (Phi) is 5.41. The molecule has 0 spiro atoms. The number of methoxy groups -OCH3 is 1. The van der Waals surface area contributed by atoms with Crippen LogP contribution in [-0.4, -0.2) is 29.0 Å². The number of ether oxygens (including phenoxy) is 1. The third kappa shape index (κ3) is 4.11. The zero-order valence-corrected chi connectivity index (χ0v) is 18.7. The molecule has 3 aromatic heterocycles. The zero-order valence-electron chi connectivity index (χ0n) is 17.1. The average Bonchev–Trinajstić information content (AvgIpc) is 3.43. The molecule has 8 nitrogen and oxygen atoms in total. The number of anilines is 3. The van der Waals surface area contributed by atoms with Crippen molar-refractivity contribution in [3.8, 4) is 0 Å². The van der Waals surface area contributed by atoms with Crippen LogP contribution in [0, 0.1) is 0 Å². The normalized spacial score (nSPS) is 11.0. The van der Waals surface area contributed by atoms with E-state index in [-0.39, 0.29) is 5.91 Å². The van der Waals surface area contributed by atoms with Gasteiger partial charge in [0.05, 0.1) is 27.3 Å².